The molecule has 18 heavy (non-hydrogen) atoms. The Morgan fingerprint density at radius 2 is 2.17 bits per heavy atom. The Balaban J connectivity index is 2.04. The molecule has 0 saturated heterocycles. The number of imidazole rings is 1. The smallest absolute Gasteiger partial charge is 0.124 e. The predicted octanol–water partition coefficient (Wildman–Crippen LogP) is 3.75. The van der Waals surface area contributed by atoms with Gasteiger partial charge in [0.25, 0.3) is 0 Å². The molecule has 2 heterocycles. The molecule has 0 bridgehead atoms. The molecule has 1 fully saturated rings. The molecule has 2 aromatic rings. The van der Waals surface area contributed by atoms with Crippen LogP contribution in [0.5, 0.6) is 0 Å². The molecule has 2 aromatic heterocycles. The van der Waals surface area contributed by atoms with E-state index in [0.29, 0.717) is 11.3 Å². The van der Waals surface area contributed by atoms with Gasteiger partial charge >= 0.3 is 0 Å². The van der Waals surface area contributed by atoms with Gasteiger partial charge in [-0.05, 0) is 24.3 Å². The van der Waals surface area contributed by atoms with Crippen molar-refractivity contribution in [2.75, 3.05) is 0 Å². The minimum absolute atomic E-state index is 0.401. The summed E-state index contributed by atoms with van der Waals surface area (Å²) in [5, 5.41) is 0. The van der Waals surface area contributed by atoms with E-state index in [9.17, 15) is 0 Å². The zero-order chi connectivity index (χ0) is 12.6. The molecule has 0 aromatic carbocycles. The summed E-state index contributed by atoms with van der Waals surface area (Å²) in [5.74, 6) is 1.43. The third-order valence-electron chi connectivity index (χ3n) is 4.10. The van der Waals surface area contributed by atoms with E-state index in [1.807, 2.05) is 18.5 Å². The van der Waals surface area contributed by atoms with Crippen molar-refractivity contribution >= 4 is 22.6 Å². The van der Waals surface area contributed by atoms with E-state index in [1.165, 1.54) is 25.7 Å². The van der Waals surface area contributed by atoms with Gasteiger partial charge in [0.05, 0.1) is 17.6 Å². The first-order chi connectivity index (χ1) is 8.72. The van der Waals surface area contributed by atoms with Crippen molar-refractivity contribution in [2.45, 2.75) is 45.0 Å². The van der Waals surface area contributed by atoms with Gasteiger partial charge in [0, 0.05) is 12.7 Å². The van der Waals surface area contributed by atoms with E-state index in [2.05, 4.69) is 21.5 Å². The first-order valence-corrected chi connectivity index (χ1v) is 7.10. The SMILES string of the molecule is CC1(Cn2c(CCl)nc3cnccc32)CCCC1. The van der Waals surface area contributed by atoms with Gasteiger partial charge in [0.2, 0.25) is 0 Å². The van der Waals surface area contributed by atoms with Crippen LogP contribution in [0.25, 0.3) is 11.0 Å². The number of halogens is 1. The van der Waals surface area contributed by atoms with Crippen LogP contribution in [-0.4, -0.2) is 14.5 Å². The van der Waals surface area contributed by atoms with E-state index < -0.39 is 0 Å². The van der Waals surface area contributed by atoms with Crippen molar-refractivity contribution in [1.82, 2.24) is 14.5 Å². The third-order valence-corrected chi connectivity index (χ3v) is 4.34. The Hall–Kier alpha value is -1.09. The Bertz CT molecular complexity index is 555. The zero-order valence-corrected chi connectivity index (χ0v) is 11.5. The molecule has 3 rings (SSSR count). The molecule has 0 N–H and O–H groups in total. The maximum Gasteiger partial charge on any atom is 0.124 e. The molecule has 1 aliphatic rings. The lowest BCUT2D eigenvalue weighted by atomic mass is 9.89. The molecule has 0 aliphatic heterocycles. The number of nitrogens with zero attached hydrogens (tertiary/aromatic N) is 3. The molecule has 0 atom stereocenters. The van der Waals surface area contributed by atoms with Crippen molar-refractivity contribution in [3.05, 3.63) is 24.3 Å². The number of hydrogen-bond donors (Lipinski definition) is 0. The number of rotatable bonds is 3. The van der Waals surface area contributed by atoms with E-state index in [0.717, 1.165) is 23.4 Å². The summed E-state index contributed by atoms with van der Waals surface area (Å²) in [7, 11) is 0. The van der Waals surface area contributed by atoms with Crippen LogP contribution in [0.3, 0.4) is 0 Å². The zero-order valence-electron chi connectivity index (χ0n) is 10.7. The van der Waals surface area contributed by atoms with Crippen LogP contribution in [-0.2, 0) is 12.4 Å². The maximum absolute atomic E-state index is 6.03. The Labute approximate surface area is 112 Å². The number of pyridine rings is 1. The normalized spacial score (nSPS) is 18.6. The number of fused-ring (bicyclic) bond motifs is 1. The van der Waals surface area contributed by atoms with E-state index in [4.69, 9.17) is 11.6 Å². The van der Waals surface area contributed by atoms with Crippen LogP contribution in [0.2, 0.25) is 0 Å². The molecular formula is C14H18ClN3. The lowest BCUT2D eigenvalue weighted by Gasteiger charge is -2.25. The van der Waals surface area contributed by atoms with Crippen LogP contribution in [0, 0.1) is 5.41 Å². The van der Waals surface area contributed by atoms with Gasteiger partial charge in [-0.2, -0.15) is 0 Å². The molecule has 1 saturated carbocycles. The molecule has 0 unspecified atom stereocenters. The van der Waals surface area contributed by atoms with E-state index >= 15 is 0 Å². The maximum atomic E-state index is 6.03. The highest BCUT2D eigenvalue weighted by Gasteiger charge is 2.30. The van der Waals surface area contributed by atoms with Crippen molar-refractivity contribution < 1.29 is 0 Å². The average molecular weight is 264 g/mol. The monoisotopic (exact) mass is 263 g/mol. The molecule has 4 heteroatoms. The fraction of sp³-hybridized carbons (Fsp3) is 0.571. The van der Waals surface area contributed by atoms with Crippen LogP contribution in [0.1, 0.15) is 38.4 Å². The Kier molecular flexibility index (Phi) is 3.02. The summed E-state index contributed by atoms with van der Waals surface area (Å²) in [4.78, 5) is 8.70. The van der Waals surface area contributed by atoms with Crippen molar-refractivity contribution in [3.63, 3.8) is 0 Å². The van der Waals surface area contributed by atoms with E-state index in [1.54, 1.807) is 0 Å². The lowest BCUT2D eigenvalue weighted by molar-refractivity contribution is 0.282. The molecule has 96 valence electrons. The van der Waals surface area contributed by atoms with Gasteiger partial charge in [-0.1, -0.05) is 19.8 Å². The topological polar surface area (TPSA) is 30.7 Å². The fourth-order valence-corrected chi connectivity index (χ4v) is 3.28. The predicted molar refractivity (Wildman–Crippen MR) is 73.7 cm³/mol. The van der Waals surface area contributed by atoms with Crippen LogP contribution in [0.4, 0.5) is 0 Å². The van der Waals surface area contributed by atoms with Crippen LogP contribution in [0.15, 0.2) is 18.5 Å². The molecule has 0 amide bonds. The van der Waals surface area contributed by atoms with Gasteiger partial charge in [0.15, 0.2) is 0 Å². The van der Waals surface area contributed by atoms with Gasteiger partial charge in [0.1, 0.15) is 11.3 Å². The number of hydrogen-bond acceptors (Lipinski definition) is 2. The second-order valence-electron chi connectivity index (χ2n) is 5.63. The van der Waals surface area contributed by atoms with E-state index in [-0.39, 0.29) is 0 Å². The highest BCUT2D eigenvalue weighted by atomic mass is 35.5. The second-order valence-corrected chi connectivity index (χ2v) is 5.90. The van der Waals surface area contributed by atoms with Crippen molar-refractivity contribution in [3.8, 4) is 0 Å². The minimum atomic E-state index is 0.401. The highest BCUT2D eigenvalue weighted by Crippen LogP contribution is 2.39. The molecule has 3 nitrogen and oxygen atoms in total. The molecule has 0 spiro atoms. The quantitative estimate of drug-likeness (QED) is 0.790. The number of aromatic nitrogens is 3. The largest absolute Gasteiger partial charge is 0.326 e. The fourth-order valence-electron chi connectivity index (χ4n) is 3.08. The van der Waals surface area contributed by atoms with Gasteiger partial charge < -0.3 is 4.57 Å². The van der Waals surface area contributed by atoms with Gasteiger partial charge in [-0.15, -0.1) is 11.6 Å². The van der Waals surface area contributed by atoms with Crippen molar-refractivity contribution in [1.29, 1.82) is 0 Å². The standard InChI is InChI=1S/C14H18ClN3/c1-14(5-2-3-6-14)10-18-12-4-7-16-9-11(12)17-13(18)8-15/h4,7,9H,2-3,5-6,8,10H2,1H3. The number of alkyl halides is 1. The second kappa shape index (κ2) is 4.54. The summed E-state index contributed by atoms with van der Waals surface area (Å²) < 4.78 is 2.29. The molecule has 1 aliphatic carbocycles. The van der Waals surface area contributed by atoms with Gasteiger partial charge in [-0.3, -0.25) is 4.98 Å². The Morgan fingerprint density at radius 3 is 2.89 bits per heavy atom. The minimum Gasteiger partial charge on any atom is -0.326 e. The summed E-state index contributed by atoms with van der Waals surface area (Å²) in [6, 6.07) is 2.04. The molecule has 0 radical (unpaired) electrons. The van der Waals surface area contributed by atoms with Crippen LogP contribution < -0.4 is 0 Å². The van der Waals surface area contributed by atoms with Crippen molar-refractivity contribution in [2.24, 2.45) is 5.41 Å². The van der Waals surface area contributed by atoms with Crippen LogP contribution >= 0.6 is 11.6 Å². The van der Waals surface area contributed by atoms with Gasteiger partial charge in [-0.25, -0.2) is 4.98 Å². The first kappa shape index (κ1) is 12.0. The summed E-state index contributed by atoms with van der Waals surface area (Å²) >= 11 is 6.03. The first-order valence-electron chi connectivity index (χ1n) is 6.57. The highest BCUT2D eigenvalue weighted by molar-refractivity contribution is 6.16. The Morgan fingerprint density at radius 1 is 1.39 bits per heavy atom. The molecular weight excluding hydrogens is 246 g/mol. The third kappa shape index (κ3) is 2.01. The average Bonchev–Trinajstić information content (AvgIpc) is 2.95. The lowest BCUT2D eigenvalue weighted by Crippen LogP contribution is -2.20. The summed E-state index contributed by atoms with van der Waals surface area (Å²) in [6.45, 7) is 3.40. The summed E-state index contributed by atoms with van der Waals surface area (Å²) in [6.07, 6.45) is 8.95. The summed E-state index contributed by atoms with van der Waals surface area (Å²) in [5.41, 5.74) is 2.51.